The molecule has 1 aliphatic heterocycles. The summed E-state index contributed by atoms with van der Waals surface area (Å²) in [6, 6.07) is 4.01. The normalized spacial score (nSPS) is 19.5. The first-order valence-corrected chi connectivity index (χ1v) is 6.66. The molecule has 3 nitrogen and oxygen atoms in total. The molecule has 2 rings (SSSR count). The van der Waals surface area contributed by atoms with Gasteiger partial charge in [-0.3, -0.25) is 4.98 Å². The zero-order chi connectivity index (χ0) is 12.1. The first-order chi connectivity index (χ1) is 8.27. The molecule has 0 spiro atoms. The van der Waals surface area contributed by atoms with E-state index >= 15 is 0 Å². The molecule has 1 aromatic heterocycles. The van der Waals surface area contributed by atoms with Crippen LogP contribution in [0.5, 0.6) is 0 Å². The summed E-state index contributed by atoms with van der Waals surface area (Å²) in [6.07, 6.45) is 8.04. The number of hydrogen-bond donors (Lipinski definition) is 1. The molecule has 1 aliphatic rings. The lowest BCUT2D eigenvalue weighted by atomic mass is 10.1. The first-order valence-electron chi connectivity index (χ1n) is 6.66. The lowest BCUT2D eigenvalue weighted by molar-refractivity contribution is 0.194. The number of aliphatic hydroxyl groups excluding tert-OH is 1. The SMILES string of the molecule is C[C@H](O)c1ccc(N2CCCCCCC2)cn1. The second-order valence-electron chi connectivity index (χ2n) is 4.87. The molecule has 1 atom stereocenters. The van der Waals surface area contributed by atoms with Crippen molar-refractivity contribution in [3.8, 4) is 0 Å². The van der Waals surface area contributed by atoms with Crippen LogP contribution in [0.3, 0.4) is 0 Å². The summed E-state index contributed by atoms with van der Waals surface area (Å²) in [6.45, 7) is 4.02. The standard InChI is InChI=1S/C14H22N2O/c1-12(17)14-8-7-13(11-15-14)16-9-5-3-2-4-6-10-16/h7-8,11-12,17H,2-6,9-10H2,1H3/t12-/m0/s1. The third-order valence-corrected chi connectivity index (χ3v) is 3.42. The summed E-state index contributed by atoms with van der Waals surface area (Å²) in [7, 11) is 0. The number of rotatable bonds is 2. The van der Waals surface area contributed by atoms with E-state index in [9.17, 15) is 5.11 Å². The van der Waals surface area contributed by atoms with Gasteiger partial charge in [0.25, 0.3) is 0 Å². The lowest BCUT2D eigenvalue weighted by Gasteiger charge is -2.26. The highest BCUT2D eigenvalue weighted by molar-refractivity contribution is 5.44. The van der Waals surface area contributed by atoms with Crippen molar-refractivity contribution >= 4 is 5.69 Å². The van der Waals surface area contributed by atoms with E-state index in [0.717, 1.165) is 18.8 Å². The predicted molar refractivity (Wildman–Crippen MR) is 70.2 cm³/mol. The fourth-order valence-corrected chi connectivity index (χ4v) is 2.34. The fraction of sp³-hybridized carbons (Fsp3) is 0.643. The van der Waals surface area contributed by atoms with Gasteiger partial charge in [0.2, 0.25) is 0 Å². The van der Waals surface area contributed by atoms with E-state index in [2.05, 4.69) is 16.0 Å². The molecule has 94 valence electrons. The molecule has 0 unspecified atom stereocenters. The van der Waals surface area contributed by atoms with Crippen LogP contribution in [0.25, 0.3) is 0 Å². The summed E-state index contributed by atoms with van der Waals surface area (Å²) in [5, 5.41) is 9.43. The zero-order valence-corrected chi connectivity index (χ0v) is 10.6. The minimum absolute atomic E-state index is 0.476. The Kier molecular flexibility index (Phi) is 4.37. The Morgan fingerprint density at radius 3 is 2.29 bits per heavy atom. The third kappa shape index (κ3) is 3.43. The van der Waals surface area contributed by atoms with Crippen molar-refractivity contribution in [2.75, 3.05) is 18.0 Å². The molecule has 0 saturated carbocycles. The number of aromatic nitrogens is 1. The minimum atomic E-state index is -0.476. The second-order valence-corrected chi connectivity index (χ2v) is 4.87. The van der Waals surface area contributed by atoms with Crippen LogP contribution in [0.15, 0.2) is 18.3 Å². The topological polar surface area (TPSA) is 36.4 Å². The van der Waals surface area contributed by atoms with Gasteiger partial charge in [-0.15, -0.1) is 0 Å². The molecule has 0 aliphatic carbocycles. The van der Waals surface area contributed by atoms with Gasteiger partial charge in [-0.2, -0.15) is 0 Å². The van der Waals surface area contributed by atoms with Gasteiger partial charge in [-0.1, -0.05) is 19.3 Å². The number of anilines is 1. The number of nitrogens with zero attached hydrogens (tertiary/aromatic N) is 2. The van der Waals surface area contributed by atoms with Crippen molar-refractivity contribution in [3.05, 3.63) is 24.0 Å². The smallest absolute Gasteiger partial charge is 0.0931 e. The van der Waals surface area contributed by atoms with Crippen LogP contribution in [0, 0.1) is 0 Å². The van der Waals surface area contributed by atoms with Crippen LogP contribution in [0.2, 0.25) is 0 Å². The van der Waals surface area contributed by atoms with Gasteiger partial charge in [0.15, 0.2) is 0 Å². The Hall–Kier alpha value is -1.09. The minimum Gasteiger partial charge on any atom is -0.387 e. The summed E-state index contributed by atoms with van der Waals surface area (Å²) >= 11 is 0. The molecule has 17 heavy (non-hydrogen) atoms. The molecule has 1 fully saturated rings. The third-order valence-electron chi connectivity index (χ3n) is 3.42. The molecular weight excluding hydrogens is 212 g/mol. The van der Waals surface area contributed by atoms with Crippen LogP contribution in [0.4, 0.5) is 5.69 Å². The van der Waals surface area contributed by atoms with Gasteiger partial charge in [-0.25, -0.2) is 0 Å². The van der Waals surface area contributed by atoms with Crippen molar-refractivity contribution in [1.29, 1.82) is 0 Å². The first kappa shape index (κ1) is 12.4. The maximum absolute atomic E-state index is 9.43. The highest BCUT2D eigenvalue weighted by atomic mass is 16.3. The molecule has 3 heteroatoms. The Morgan fingerprint density at radius 1 is 1.12 bits per heavy atom. The molecule has 0 radical (unpaired) electrons. The van der Waals surface area contributed by atoms with Crippen LogP contribution in [-0.4, -0.2) is 23.2 Å². The molecule has 0 aromatic carbocycles. The van der Waals surface area contributed by atoms with Crippen molar-refractivity contribution in [1.82, 2.24) is 4.98 Å². The molecule has 0 bridgehead atoms. The monoisotopic (exact) mass is 234 g/mol. The molecule has 1 saturated heterocycles. The Morgan fingerprint density at radius 2 is 1.76 bits per heavy atom. The van der Waals surface area contributed by atoms with Crippen LogP contribution < -0.4 is 4.90 Å². The van der Waals surface area contributed by atoms with Crippen LogP contribution in [0.1, 0.15) is 50.8 Å². The van der Waals surface area contributed by atoms with Gasteiger partial charge in [0.05, 0.1) is 23.7 Å². The van der Waals surface area contributed by atoms with Crippen LogP contribution in [-0.2, 0) is 0 Å². The predicted octanol–water partition coefficient (Wildman–Crippen LogP) is 2.91. The Labute approximate surface area is 103 Å². The molecular formula is C14H22N2O. The summed E-state index contributed by atoms with van der Waals surface area (Å²) in [4.78, 5) is 6.73. The summed E-state index contributed by atoms with van der Waals surface area (Å²) in [5.41, 5.74) is 1.94. The van der Waals surface area contributed by atoms with Crippen molar-refractivity contribution in [2.24, 2.45) is 0 Å². The fourth-order valence-electron chi connectivity index (χ4n) is 2.34. The van der Waals surface area contributed by atoms with Crippen molar-refractivity contribution in [3.63, 3.8) is 0 Å². The van der Waals surface area contributed by atoms with Crippen molar-refractivity contribution in [2.45, 2.75) is 45.1 Å². The highest BCUT2D eigenvalue weighted by Gasteiger charge is 2.10. The lowest BCUT2D eigenvalue weighted by Crippen LogP contribution is -2.27. The number of aliphatic hydroxyl groups is 1. The van der Waals surface area contributed by atoms with E-state index < -0.39 is 6.10 Å². The van der Waals surface area contributed by atoms with E-state index in [1.807, 2.05) is 12.3 Å². The van der Waals surface area contributed by atoms with Gasteiger partial charge in [-0.05, 0) is 31.9 Å². The molecule has 1 N–H and O–H groups in total. The average molecular weight is 234 g/mol. The van der Waals surface area contributed by atoms with E-state index in [4.69, 9.17) is 0 Å². The van der Waals surface area contributed by atoms with Gasteiger partial charge < -0.3 is 10.0 Å². The van der Waals surface area contributed by atoms with Gasteiger partial charge in [0, 0.05) is 13.1 Å². The quantitative estimate of drug-likeness (QED) is 0.854. The molecule has 0 amide bonds. The van der Waals surface area contributed by atoms with Gasteiger partial charge >= 0.3 is 0 Å². The number of pyridine rings is 1. The largest absolute Gasteiger partial charge is 0.387 e. The zero-order valence-electron chi connectivity index (χ0n) is 10.6. The van der Waals surface area contributed by atoms with E-state index in [0.29, 0.717) is 0 Å². The van der Waals surface area contributed by atoms with Crippen molar-refractivity contribution < 1.29 is 5.11 Å². The Balaban J connectivity index is 2.04. The van der Waals surface area contributed by atoms with E-state index in [1.54, 1.807) is 6.92 Å². The maximum atomic E-state index is 9.43. The number of hydrogen-bond acceptors (Lipinski definition) is 3. The second kappa shape index (κ2) is 6.01. The average Bonchev–Trinajstić information content (AvgIpc) is 2.29. The molecule has 2 heterocycles. The molecule has 1 aromatic rings. The summed E-state index contributed by atoms with van der Waals surface area (Å²) < 4.78 is 0. The van der Waals surface area contributed by atoms with Crippen LogP contribution >= 0.6 is 0 Å². The van der Waals surface area contributed by atoms with E-state index in [1.165, 1.54) is 37.8 Å². The summed E-state index contributed by atoms with van der Waals surface area (Å²) in [5.74, 6) is 0. The highest BCUT2D eigenvalue weighted by Crippen LogP contribution is 2.19. The maximum Gasteiger partial charge on any atom is 0.0931 e. The van der Waals surface area contributed by atoms with E-state index in [-0.39, 0.29) is 0 Å². The Bertz CT molecular complexity index is 327. The van der Waals surface area contributed by atoms with Gasteiger partial charge in [0.1, 0.15) is 0 Å².